The van der Waals surface area contributed by atoms with Crippen molar-refractivity contribution in [2.24, 2.45) is 0 Å². The Balaban J connectivity index is 1.75. The average Bonchev–Trinajstić information content (AvgIpc) is 2.64. The van der Waals surface area contributed by atoms with Crippen molar-refractivity contribution in [1.82, 2.24) is 5.32 Å². The van der Waals surface area contributed by atoms with Gasteiger partial charge < -0.3 is 10.1 Å². The number of nitrogens with one attached hydrogen (secondary N) is 1. The number of hydrogen-bond donors (Lipinski definition) is 1. The second kappa shape index (κ2) is 9.24. The topological polar surface area (TPSA) is 38.3 Å². The number of carbonyl (C=O) groups is 1. The van der Waals surface area contributed by atoms with E-state index < -0.39 is 0 Å². The minimum atomic E-state index is 0.159. The molecule has 0 aliphatic heterocycles. The van der Waals surface area contributed by atoms with Crippen LogP contribution >= 0.6 is 0 Å². The SMILES string of the molecule is CCC(=O)c1ccc(OCC(C)NCC(C)c2ccccc2)cc1. The van der Waals surface area contributed by atoms with E-state index in [-0.39, 0.29) is 11.8 Å². The van der Waals surface area contributed by atoms with E-state index in [1.54, 1.807) is 0 Å². The molecule has 0 aliphatic carbocycles. The Bertz CT molecular complexity index is 622. The third-order valence-electron chi connectivity index (χ3n) is 4.14. The molecule has 24 heavy (non-hydrogen) atoms. The third-order valence-corrected chi connectivity index (χ3v) is 4.14. The van der Waals surface area contributed by atoms with Gasteiger partial charge in [0.1, 0.15) is 12.4 Å². The summed E-state index contributed by atoms with van der Waals surface area (Å²) in [6.45, 7) is 7.73. The Kier molecular flexibility index (Phi) is 7.01. The summed E-state index contributed by atoms with van der Waals surface area (Å²) in [5.41, 5.74) is 2.09. The fraction of sp³-hybridized carbons (Fsp3) is 0.381. The molecule has 0 bridgehead atoms. The maximum atomic E-state index is 11.6. The Morgan fingerprint density at radius 1 is 1.04 bits per heavy atom. The molecule has 2 unspecified atom stereocenters. The Morgan fingerprint density at radius 2 is 1.71 bits per heavy atom. The van der Waals surface area contributed by atoms with Crippen LogP contribution in [0.1, 0.15) is 49.0 Å². The molecule has 0 amide bonds. The summed E-state index contributed by atoms with van der Waals surface area (Å²) in [6.07, 6.45) is 0.529. The standard InChI is InChI=1S/C21H27NO2/c1-4-21(23)19-10-12-20(13-11-19)24-15-17(3)22-14-16(2)18-8-6-5-7-9-18/h5-13,16-17,22H,4,14-15H2,1-3H3. The molecule has 3 heteroatoms. The Hall–Kier alpha value is -2.13. The zero-order valence-corrected chi connectivity index (χ0v) is 14.8. The fourth-order valence-electron chi connectivity index (χ4n) is 2.50. The number of ketones is 1. The van der Waals surface area contributed by atoms with E-state index >= 15 is 0 Å². The van der Waals surface area contributed by atoms with Crippen LogP contribution in [-0.4, -0.2) is 25.0 Å². The molecule has 0 saturated heterocycles. The predicted octanol–water partition coefficient (Wildman–Crippen LogP) is 4.44. The number of ether oxygens (including phenoxy) is 1. The van der Waals surface area contributed by atoms with E-state index in [0.29, 0.717) is 18.9 Å². The van der Waals surface area contributed by atoms with Crippen molar-refractivity contribution >= 4 is 5.78 Å². The first-order valence-corrected chi connectivity index (χ1v) is 8.64. The van der Waals surface area contributed by atoms with Crippen molar-refractivity contribution in [2.75, 3.05) is 13.2 Å². The van der Waals surface area contributed by atoms with Crippen LogP contribution in [0, 0.1) is 0 Å². The lowest BCUT2D eigenvalue weighted by Gasteiger charge is -2.18. The van der Waals surface area contributed by atoms with E-state index in [1.807, 2.05) is 37.3 Å². The molecule has 2 aromatic rings. The van der Waals surface area contributed by atoms with E-state index in [9.17, 15) is 4.79 Å². The van der Waals surface area contributed by atoms with Crippen LogP contribution in [0.25, 0.3) is 0 Å². The highest BCUT2D eigenvalue weighted by Crippen LogP contribution is 2.15. The Labute approximate surface area is 145 Å². The van der Waals surface area contributed by atoms with Crippen LogP contribution in [0.15, 0.2) is 54.6 Å². The molecule has 2 atom stereocenters. The van der Waals surface area contributed by atoms with E-state index in [4.69, 9.17) is 4.74 Å². The third kappa shape index (κ3) is 5.50. The van der Waals surface area contributed by atoms with Gasteiger partial charge in [-0.3, -0.25) is 4.79 Å². The van der Waals surface area contributed by atoms with Crippen LogP contribution in [-0.2, 0) is 0 Å². The van der Waals surface area contributed by atoms with Gasteiger partial charge in [-0.2, -0.15) is 0 Å². The lowest BCUT2D eigenvalue weighted by atomic mass is 10.0. The molecule has 0 radical (unpaired) electrons. The van der Waals surface area contributed by atoms with Gasteiger partial charge in [0.25, 0.3) is 0 Å². The largest absolute Gasteiger partial charge is 0.492 e. The van der Waals surface area contributed by atoms with Gasteiger partial charge in [-0.25, -0.2) is 0 Å². The molecule has 0 heterocycles. The summed E-state index contributed by atoms with van der Waals surface area (Å²) in [5, 5.41) is 3.51. The zero-order valence-electron chi connectivity index (χ0n) is 14.8. The zero-order chi connectivity index (χ0) is 17.4. The second-order valence-electron chi connectivity index (χ2n) is 6.23. The monoisotopic (exact) mass is 325 g/mol. The first-order valence-electron chi connectivity index (χ1n) is 8.64. The van der Waals surface area contributed by atoms with Crippen LogP contribution < -0.4 is 10.1 Å². The van der Waals surface area contributed by atoms with Gasteiger partial charge in [0.2, 0.25) is 0 Å². The molecule has 128 valence electrons. The van der Waals surface area contributed by atoms with Crippen molar-refractivity contribution in [3.05, 3.63) is 65.7 Å². The van der Waals surface area contributed by atoms with Gasteiger partial charge in [0.05, 0.1) is 0 Å². The summed E-state index contributed by atoms with van der Waals surface area (Å²) in [7, 11) is 0. The molecular formula is C21H27NO2. The van der Waals surface area contributed by atoms with Gasteiger partial charge in [-0.05, 0) is 42.7 Å². The van der Waals surface area contributed by atoms with Crippen molar-refractivity contribution < 1.29 is 9.53 Å². The highest BCUT2D eigenvalue weighted by molar-refractivity contribution is 5.95. The quantitative estimate of drug-likeness (QED) is 0.693. The molecule has 0 saturated carbocycles. The molecule has 0 aromatic heterocycles. The molecule has 0 aliphatic rings. The minimum absolute atomic E-state index is 0.159. The molecule has 0 fully saturated rings. The summed E-state index contributed by atoms with van der Waals surface area (Å²) >= 11 is 0. The van der Waals surface area contributed by atoms with Crippen molar-refractivity contribution in [3.63, 3.8) is 0 Å². The lowest BCUT2D eigenvalue weighted by molar-refractivity contribution is 0.0988. The summed E-state index contributed by atoms with van der Waals surface area (Å²) < 4.78 is 5.80. The van der Waals surface area contributed by atoms with E-state index in [1.165, 1.54) is 5.56 Å². The molecule has 2 rings (SSSR count). The molecule has 3 nitrogen and oxygen atoms in total. The number of Topliss-reactive ketones (excluding diaryl/α,β-unsaturated/α-hetero) is 1. The predicted molar refractivity (Wildman–Crippen MR) is 98.9 cm³/mol. The van der Waals surface area contributed by atoms with Gasteiger partial charge in [-0.15, -0.1) is 0 Å². The first kappa shape index (κ1) is 18.2. The summed E-state index contributed by atoms with van der Waals surface area (Å²) in [4.78, 5) is 11.6. The van der Waals surface area contributed by atoms with E-state index in [0.717, 1.165) is 17.9 Å². The fourth-order valence-corrected chi connectivity index (χ4v) is 2.50. The molecule has 0 spiro atoms. The highest BCUT2D eigenvalue weighted by atomic mass is 16.5. The second-order valence-corrected chi connectivity index (χ2v) is 6.23. The normalized spacial score (nSPS) is 13.3. The van der Waals surface area contributed by atoms with Gasteiger partial charge in [0, 0.05) is 24.6 Å². The van der Waals surface area contributed by atoms with Crippen molar-refractivity contribution in [3.8, 4) is 5.75 Å². The van der Waals surface area contributed by atoms with Gasteiger partial charge in [-0.1, -0.05) is 44.2 Å². The molecule has 2 aromatic carbocycles. The number of benzene rings is 2. The minimum Gasteiger partial charge on any atom is -0.492 e. The van der Waals surface area contributed by atoms with Crippen LogP contribution in [0.4, 0.5) is 0 Å². The maximum absolute atomic E-state index is 11.6. The molecular weight excluding hydrogens is 298 g/mol. The summed E-state index contributed by atoms with van der Waals surface area (Å²) in [5.74, 6) is 1.42. The Morgan fingerprint density at radius 3 is 2.33 bits per heavy atom. The van der Waals surface area contributed by atoms with Gasteiger partial charge in [0.15, 0.2) is 5.78 Å². The van der Waals surface area contributed by atoms with Gasteiger partial charge >= 0.3 is 0 Å². The first-order chi connectivity index (χ1) is 11.6. The van der Waals surface area contributed by atoms with Crippen LogP contribution in [0.2, 0.25) is 0 Å². The van der Waals surface area contributed by atoms with Crippen LogP contribution in [0.3, 0.4) is 0 Å². The highest BCUT2D eigenvalue weighted by Gasteiger charge is 2.08. The van der Waals surface area contributed by atoms with E-state index in [2.05, 4.69) is 43.4 Å². The van der Waals surface area contributed by atoms with Crippen molar-refractivity contribution in [2.45, 2.75) is 39.2 Å². The van der Waals surface area contributed by atoms with Crippen LogP contribution in [0.5, 0.6) is 5.75 Å². The number of hydrogen-bond acceptors (Lipinski definition) is 3. The average molecular weight is 325 g/mol. The molecule has 1 N–H and O–H groups in total. The van der Waals surface area contributed by atoms with Crippen molar-refractivity contribution in [1.29, 1.82) is 0 Å². The summed E-state index contributed by atoms with van der Waals surface area (Å²) in [6, 6.07) is 18.2. The number of carbonyl (C=O) groups excluding carboxylic acids is 1. The number of rotatable bonds is 9. The maximum Gasteiger partial charge on any atom is 0.162 e. The smallest absolute Gasteiger partial charge is 0.162 e. The lowest BCUT2D eigenvalue weighted by Crippen LogP contribution is -2.34.